The maximum Gasteiger partial charge on any atom is 0.249 e. The predicted molar refractivity (Wildman–Crippen MR) is 80.8 cm³/mol. The third kappa shape index (κ3) is 2.56. The second kappa shape index (κ2) is 5.74. The van der Waals surface area contributed by atoms with Crippen molar-refractivity contribution < 1.29 is 9.59 Å². The molecule has 1 unspecified atom stereocenters. The van der Waals surface area contributed by atoms with Gasteiger partial charge in [-0.15, -0.1) is 11.3 Å². The summed E-state index contributed by atoms with van der Waals surface area (Å²) in [4.78, 5) is 27.6. The van der Waals surface area contributed by atoms with Crippen LogP contribution in [-0.2, 0) is 16.1 Å². The molecular formula is C14H19ClN2O2S. The van der Waals surface area contributed by atoms with Crippen LogP contribution >= 0.6 is 22.9 Å². The molecule has 2 rings (SSSR count). The van der Waals surface area contributed by atoms with Gasteiger partial charge in [0.2, 0.25) is 11.8 Å². The number of carbonyl (C=O) groups is 2. The number of nitrogens with one attached hydrogen (secondary N) is 1. The molecule has 6 heteroatoms. The van der Waals surface area contributed by atoms with Crippen molar-refractivity contribution in [3.8, 4) is 0 Å². The summed E-state index contributed by atoms with van der Waals surface area (Å²) < 4.78 is 0.693. The summed E-state index contributed by atoms with van der Waals surface area (Å²) in [7, 11) is 0. The van der Waals surface area contributed by atoms with E-state index in [1.165, 1.54) is 11.3 Å². The zero-order valence-electron chi connectivity index (χ0n) is 11.9. The van der Waals surface area contributed by atoms with Crippen LogP contribution in [0.15, 0.2) is 12.1 Å². The highest BCUT2D eigenvalue weighted by molar-refractivity contribution is 7.16. The van der Waals surface area contributed by atoms with Gasteiger partial charge in [-0.3, -0.25) is 9.59 Å². The Balaban J connectivity index is 2.28. The molecule has 2 amide bonds. The van der Waals surface area contributed by atoms with E-state index >= 15 is 0 Å². The fourth-order valence-corrected chi connectivity index (χ4v) is 3.62. The lowest BCUT2D eigenvalue weighted by Crippen LogP contribution is -2.69. The SMILES string of the molecule is CCC1(CC)NC(=O)C(C)N(Cc2ccc(Cl)s2)C1=O. The molecule has 0 aromatic carbocycles. The molecular weight excluding hydrogens is 296 g/mol. The third-order valence-corrected chi connectivity index (χ3v) is 5.26. The molecule has 4 nitrogen and oxygen atoms in total. The van der Waals surface area contributed by atoms with Crippen LogP contribution in [0, 0.1) is 0 Å². The van der Waals surface area contributed by atoms with E-state index in [-0.39, 0.29) is 11.8 Å². The van der Waals surface area contributed by atoms with E-state index in [1.54, 1.807) is 11.8 Å². The van der Waals surface area contributed by atoms with Crippen LogP contribution in [0.25, 0.3) is 0 Å². The maximum absolute atomic E-state index is 12.8. The van der Waals surface area contributed by atoms with Crippen LogP contribution in [0.4, 0.5) is 0 Å². The van der Waals surface area contributed by atoms with Crippen LogP contribution in [0.1, 0.15) is 38.5 Å². The van der Waals surface area contributed by atoms with Crippen molar-refractivity contribution in [2.24, 2.45) is 0 Å². The third-order valence-electron chi connectivity index (χ3n) is 4.04. The molecule has 20 heavy (non-hydrogen) atoms. The molecule has 0 saturated carbocycles. The average molecular weight is 315 g/mol. The van der Waals surface area contributed by atoms with Gasteiger partial charge in [0.15, 0.2) is 0 Å². The number of hydrogen-bond acceptors (Lipinski definition) is 3. The summed E-state index contributed by atoms with van der Waals surface area (Å²) in [5, 5.41) is 2.90. The number of thiophene rings is 1. The Labute approximate surface area is 128 Å². The number of halogens is 1. The number of piperazine rings is 1. The summed E-state index contributed by atoms with van der Waals surface area (Å²) in [6, 6.07) is 3.27. The molecule has 1 fully saturated rings. The molecule has 0 radical (unpaired) electrons. The highest BCUT2D eigenvalue weighted by Gasteiger charge is 2.47. The molecule has 110 valence electrons. The van der Waals surface area contributed by atoms with Crippen LogP contribution in [-0.4, -0.2) is 28.3 Å². The van der Waals surface area contributed by atoms with Gasteiger partial charge in [0, 0.05) is 4.88 Å². The van der Waals surface area contributed by atoms with Crippen LogP contribution in [0.5, 0.6) is 0 Å². The zero-order chi connectivity index (χ0) is 14.9. The Morgan fingerprint density at radius 2 is 2.00 bits per heavy atom. The molecule has 0 spiro atoms. The molecule has 1 aromatic heterocycles. The molecule has 2 heterocycles. The van der Waals surface area contributed by atoms with Gasteiger partial charge in [-0.2, -0.15) is 0 Å². The van der Waals surface area contributed by atoms with E-state index in [1.807, 2.05) is 26.0 Å². The van der Waals surface area contributed by atoms with Crippen molar-refractivity contribution in [3.63, 3.8) is 0 Å². The van der Waals surface area contributed by atoms with Gasteiger partial charge in [-0.1, -0.05) is 25.4 Å². The van der Waals surface area contributed by atoms with Crippen molar-refractivity contribution in [1.29, 1.82) is 0 Å². The summed E-state index contributed by atoms with van der Waals surface area (Å²) in [6.07, 6.45) is 1.20. The monoisotopic (exact) mass is 314 g/mol. The fourth-order valence-electron chi connectivity index (χ4n) is 2.53. The molecule has 0 aliphatic carbocycles. The molecule has 1 saturated heterocycles. The first-order chi connectivity index (χ1) is 9.43. The van der Waals surface area contributed by atoms with Crippen molar-refractivity contribution in [2.75, 3.05) is 0 Å². The van der Waals surface area contributed by atoms with Gasteiger partial charge >= 0.3 is 0 Å². The average Bonchev–Trinajstić information content (AvgIpc) is 2.84. The molecule has 1 aliphatic heterocycles. The summed E-state index contributed by atoms with van der Waals surface area (Å²) in [5.41, 5.74) is -0.759. The topological polar surface area (TPSA) is 49.4 Å². The van der Waals surface area contributed by atoms with Crippen molar-refractivity contribution >= 4 is 34.8 Å². The van der Waals surface area contributed by atoms with Gasteiger partial charge in [0.05, 0.1) is 10.9 Å². The number of rotatable bonds is 4. The van der Waals surface area contributed by atoms with E-state index in [0.717, 1.165) is 4.88 Å². The first-order valence-corrected chi connectivity index (χ1v) is 8.00. The minimum absolute atomic E-state index is 0.000813. The van der Waals surface area contributed by atoms with Gasteiger partial charge in [0.25, 0.3) is 0 Å². The van der Waals surface area contributed by atoms with Gasteiger partial charge < -0.3 is 10.2 Å². The highest BCUT2D eigenvalue weighted by atomic mass is 35.5. The normalized spacial score (nSPS) is 22.0. The van der Waals surface area contributed by atoms with Gasteiger partial charge in [0.1, 0.15) is 11.6 Å². The first-order valence-electron chi connectivity index (χ1n) is 6.81. The van der Waals surface area contributed by atoms with Crippen LogP contribution < -0.4 is 5.32 Å². The lowest BCUT2D eigenvalue weighted by atomic mass is 9.87. The van der Waals surface area contributed by atoms with Crippen molar-refractivity contribution in [1.82, 2.24) is 10.2 Å². The largest absolute Gasteiger partial charge is 0.340 e. The van der Waals surface area contributed by atoms with E-state index in [4.69, 9.17) is 11.6 Å². The number of carbonyl (C=O) groups excluding carboxylic acids is 2. The van der Waals surface area contributed by atoms with E-state index in [2.05, 4.69) is 5.32 Å². The Morgan fingerprint density at radius 1 is 1.35 bits per heavy atom. The second-order valence-corrected chi connectivity index (χ2v) is 6.89. The minimum atomic E-state index is -0.759. The van der Waals surface area contributed by atoms with E-state index in [0.29, 0.717) is 23.7 Å². The van der Waals surface area contributed by atoms with Gasteiger partial charge in [-0.05, 0) is 31.9 Å². The quantitative estimate of drug-likeness (QED) is 0.929. The summed E-state index contributed by atoms with van der Waals surface area (Å²) in [5.74, 6) is -0.0879. The summed E-state index contributed by atoms with van der Waals surface area (Å²) >= 11 is 7.37. The van der Waals surface area contributed by atoms with E-state index in [9.17, 15) is 9.59 Å². The smallest absolute Gasteiger partial charge is 0.249 e. The Bertz CT molecular complexity index is 525. The predicted octanol–water partition coefficient (Wildman–Crippen LogP) is 2.81. The Kier molecular flexibility index (Phi) is 4.39. The fraction of sp³-hybridized carbons (Fsp3) is 0.571. The summed E-state index contributed by atoms with van der Waals surface area (Å²) in [6.45, 7) is 6.06. The molecule has 1 aliphatic rings. The molecule has 0 bridgehead atoms. The Hall–Kier alpha value is -1.07. The lowest BCUT2D eigenvalue weighted by Gasteiger charge is -2.44. The first kappa shape index (κ1) is 15.3. The maximum atomic E-state index is 12.8. The van der Waals surface area contributed by atoms with Crippen LogP contribution in [0.3, 0.4) is 0 Å². The zero-order valence-corrected chi connectivity index (χ0v) is 13.5. The van der Waals surface area contributed by atoms with Crippen LogP contribution in [0.2, 0.25) is 4.34 Å². The van der Waals surface area contributed by atoms with Gasteiger partial charge in [-0.25, -0.2) is 0 Å². The number of nitrogens with zero attached hydrogens (tertiary/aromatic N) is 1. The highest BCUT2D eigenvalue weighted by Crippen LogP contribution is 2.29. The standard InChI is InChI=1S/C14H19ClN2O2S/c1-4-14(5-2)13(19)17(9(3)12(18)16-14)8-10-6-7-11(15)20-10/h6-7,9H,4-5,8H2,1-3H3,(H,16,18). The lowest BCUT2D eigenvalue weighted by molar-refractivity contribution is -0.155. The van der Waals surface area contributed by atoms with Crippen molar-refractivity contribution in [2.45, 2.75) is 51.7 Å². The second-order valence-electron chi connectivity index (χ2n) is 5.09. The molecule has 1 N–H and O–H groups in total. The minimum Gasteiger partial charge on any atom is -0.340 e. The number of hydrogen-bond donors (Lipinski definition) is 1. The molecule has 1 atom stereocenters. The number of amides is 2. The Morgan fingerprint density at radius 3 is 2.50 bits per heavy atom. The van der Waals surface area contributed by atoms with E-state index < -0.39 is 11.6 Å². The van der Waals surface area contributed by atoms with Crippen molar-refractivity contribution in [3.05, 3.63) is 21.3 Å². The molecule has 1 aromatic rings.